The molecule has 0 bridgehead atoms. The second-order valence-corrected chi connectivity index (χ2v) is 7.59. The molecule has 6 nitrogen and oxygen atoms in total. The average molecular weight is 431 g/mol. The molecule has 0 radical (unpaired) electrons. The van der Waals surface area contributed by atoms with Crippen LogP contribution in [-0.4, -0.2) is 16.7 Å². The Morgan fingerprint density at radius 1 is 0.788 bits per heavy atom. The Balaban J connectivity index is 1.42. The van der Waals surface area contributed by atoms with Crippen LogP contribution < -0.4 is 5.43 Å². The van der Waals surface area contributed by atoms with Gasteiger partial charge in [-0.05, 0) is 40.6 Å². The minimum atomic E-state index is -0.227. The number of hydrogen-bond acceptors (Lipinski definition) is 3. The number of azo groups is 1. The van der Waals surface area contributed by atoms with Crippen molar-refractivity contribution in [1.82, 2.24) is 10.4 Å². The Hall–Kier alpha value is -4.58. The van der Waals surface area contributed by atoms with Crippen molar-refractivity contribution in [2.75, 3.05) is 0 Å². The first-order valence-electron chi connectivity index (χ1n) is 10.6. The van der Waals surface area contributed by atoms with Crippen LogP contribution in [0.4, 0.5) is 5.69 Å². The van der Waals surface area contributed by atoms with E-state index in [1.54, 1.807) is 0 Å². The van der Waals surface area contributed by atoms with Crippen LogP contribution in [0.15, 0.2) is 118 Å². The van der Waals surface area contributed by atoms with E-state index in [4.69, 9.17) is 0 Å². The lowest BCUT2D eigenvalue weighted by atomic mass is 10.0. The van der Waals surface area contributed by atoms with E-state index in [1.807, 2.05) is 103 Å². The third-order valence-electron chi connectivity index (χ3n) is 5.30. The van der Waals surface area contributed by atoms with Crippen molar-refractivity contribution >= 4 is 39.1 Å². The Labute approximate surface area is 190 Å². The molecule has 0 unspecified atom stereocenters. The lowest BCUT2D eigenvalue weighted by Gasteiger charge is -2.06. The number of aromatic nitrogens is 1. The SMILES string of the molecule is O=C(Cc1cccc2ccccc12)N/N=C(\N=Nc1ccccc1)c1cc2ccccc2[nH]1. The van der Waals surface area contributed by atoms with E-state index in [-0.39, 0.29) is 12.3 Å². The summed E-state index contributed by atoms with van der Waals surface area (Å²) in [6.45, 7) is 0. The van der Waals surface area contributed by atoms with Crippen LogP contribution in [0.3, 0.4) is 0 Å². The number of nitrogens with one attached hydrogen (secondary N) is 2. The normalized spacial score (nSPS) is 11.9. The number of aromatic amines is 1. The summed E-state index contributed by atoms with van der Waals surface area (Å²) in [5, 5.41) is 16.1. The molecule has 0 saturated heterocycles. The zero-order chi connectivity index (χ0) is 22.5. The number of rotatable bonds is 5. The van der Waals surface area contributed by atoms with Gasteiger partial charge in [0, 0.05) is 10.9 Å². The van der Waals surface area contributed by atoms with Crippen molar-refractivity contribution < 1.29 is 4.79 Å². The number of carbonyl (C=O) groups excluding carboxylic acids is 1. The first-order valence-corrected chi connectivity index (χ1v) is 10.6. The van der Waals surface area contributed by atoms with Gasteiger partial charge in [0.15, 0.2) is 0 Å². The van der Waals surface area contributed by atoms with Crippen molar-refractivity contribution in [1.29, 1.82) is 0 Å². The summed E-state index contributed by atoms with van der Waals surface area (Å²) in [6, 6.07) is 33.2. The third-order valence-corrected chi connectivity index (χ3v) is 5.30. The van der Waals surface area contributed by atoms with Crippen LogP contribution in [0.25, 0.3) is 21.7 Å². The van der Waals surface area contributed by atoms with Gasteiger partial charge in [-0.2, -0.15) is 0 Å². The summed E-state index contributed by atoms with van der Waals surface area (Å²) in [5.41, 5.74) is 5.91. The molecule has 0 saturated carbocycles. The quantitative estimate of drug-likeness (QED) is 0.149. The van der Waals surface area contributed by atoms with Crippen LogP contribution in [0.2, 0.25) is 0 Å². The zero-order valence-corrected chi connectivity index (χ0v) is 17.8. The summed E-state index contributed by atoms with van der Waals surface area (Å²) in [4.78, 5) is 16.0. The molecule has 5 rings (SSSR count). The summed E-state index contributed by atoms with van der Waals surface area (Å²) in [7, 11) is 0. The monoisotopic (exact) mass is 431 g/mol. The van der Waals surface area contributed by atoms with E-state index in [0.717, 1.165) is 27.2 Å². The molecule has 1 aromatic heterocycles. The van der Waals surface area contributed by atoms with Gasteiger partial charge in [-0.3, -0.25) is 4.79 Å². The van der Waals surface area contributed by atoms with Gasteiger partial charge in [0.25, 0.3) is 0 Å². The van der Waals surface area contributed by atoms with Crippen molar-refractivity contribution in [3.05, 3.63) is 114 Å². The average Bonchev–Trinajstić information content (AvgIpc) is 3.29. The molecule has 0 atom stereocenters. The number of amides is 1. The van der Waals surface area contributed by atoms with Gasteiger partial charge in [0.2, 0.25) is 11.7 Å². The Morgan fingerprint density at radius 3 is 2.36 bits per heavy atom. The Kier molecular flexibility index (Phi) is 5.72. The van der Waals surface area contributed by atoms with Gasteiger partial charge in [0.1, 0.15) is 0 Å². The zero-order valence-electron chi connectivity index (χ0n) is 17.8. The Bertz CT molecular complexity index is 1450. The number of nitrogens with zero attached hydrogens (tertiary/aromatic N) is 3. The van der Waals surface area contributed by atoms with E-state index >= 15 is 0 Å². The van der Waals surface area contributed by atoms with Gasteiger partial charge in [-0.25, -0.2) is 5.43 Å². The highest BCUT2D eigenvalue weighted by molar-refractivity contribution is 6.02. The maximum atomic E-state index is 12.7. The first kappa shape index (κ1) is 20.3. The van der Waals surface area contributed by atoms with Crippen LogP contribution in [0.1, 0.15) is 11.3 Å². The standard InChI is InChI=1S/C27H21N5O/c33-26(18-20-12-8-11-19-9-4-6-15-23(19)20)30-32-27(31-29-22-13-2-1-3-14-22)25-17-21-10-5-7-16-24(21)28-25/h1-17,28H,18H2,(H,30,33)/b31-29?,32-27-. The lowest BCUT2D eigenvalue weighted by molar-refractivity contribution is -0.120. The Morgan fingerprint density at radius 2 is 1.52 bits per heavy atom. The van der Waals surface area contributed by atoms with E-state index in [9.17, 15) is 4.79 Å². The topological polar surface area (TPSA) is 82.0 Å². The molecular formula is C27H21N5O. The summed E-state index contributed by atoms with van der Waals surface area (Å²) in [5.74, 6) is 0.0659. The minimum Gasteiger partial charge on any atom is -0.352 e. The number of amidine groups is 1. The van der Waals surface area contributed by atoms with Crippen molar-refractivity contribution in [3.63, 3.8) is 0 Å². The molecule has 33 heavy (non-hydrogen) atoms. The van der Waals surface area contributed by atoms with Crippen LogP contribution in [0, 0.1) is 0 Å². The molecule has 0 aliphatic carbocycles. The second kappa shape index (κ2) is 9.28. The summed E-state index contributed by atoms with van der Waals surface area (Å²) in [6.07, 6.45) is 0.209. The van der Waals surface area contributed by atoms with Gasteiger partial charge in [-0.15, -0.1) is 15.3 Å². The summed E-state index contributed by atoms with van der Waals surface area (Å²) < 4.78 is 0. The maximum absolute atomic E-state index is 12.7. The molecule has 0 aliphatic rings. The molecule has 4 aromatic carbocycles. The fourth-order valence-electron chi connectivity index (χ4n) is 3.70. The van der Waals surface area contributed by atoms with Gasteiger partial charge < -0.3 is 4.98 Å². The van der Waals surface area contributed by atoms with Crippen LogP contribution >= 0.6 is 0 Å². The van der Waals surface area contributed by atoms with Gasteiger partial charge in [-0.1, -0.05) is 78.9 Å². The number of hydrazone groups is 1. The molecule has 1 heterocycles. The van der Waals surface area contributed by atoms with E-state index in [1.165, 1.54) is 0 Å². The fraction of sp³-hybridized carbons (Fsp3) is 0.0370. The summed E-state index contributed by atoms with van der Waals surface area (Å²) >= 11 is 0. The highest BCUT2D eigenvalue weighted by Gasteiger charge is 2.10. The molecule has 0 fully saturated rings. The fourth-order valence-corrected chi connectivity index (χ4v) is 3.70. The maximum Gasteiger partial charge on any atom is 0.244 e. The number of carbonyl (C=O) groups is 1. The number of hydrogen-bond donors (Lipinski definition) is 2. The smallest absolute Gasteiger partial charge is 0.244 e. The molecular weight excluding hydrogens is 410 g/mol. The second-order valence-electron chi connectivity index (χ2n) is 7.59. The number of para-hydroxylation sites is 1. The van der Waals surface area contributed by atoms with Crippen molar-refractivity contribution in [2.24, 2.45) is 15.3 Å². The third kappa shape index (κ3) is 4.70. The van der Waals surface area contributed by atoms with Crippen molar-refractivity contribution in [2.45, 2.75) is 6.42 Å². The number of H-pyrrole nitrogens is 1. The molecule has 0 spiro atoms. The van der Waals surface area contributed by atoms with Gasteiger partial charge >= 0.3 is 0 Å². The molecule has 2 N–H and O–H groups in total. The van der Waals surface area contributed by atoms with E-state index in [2.05, 4.69) is 25.7 Å². The van der Waals surface area contributed by atoms with E-state index < -0.39 is 0 Å². The van der Waals surface area contributed by atoms with Gasteiger partial charge in [0.05, 0.1) is 17.8 Å². The number of fused-ring (bicyclic) bond motifs is 2. The first-order chi connectivity index (χ1) is 16.3. The van der Waals surface area contributed by atoms with Crippen LogP contribution in [-0.2, 0) is 11.2 Å². The predicted molar refractivity (Wildman–Crippen MR) is 132 cm³/mol. The molecule has 160 valence electrons. The highest BCUT2D eigenvalue weighted by Crippen LogP contribution is 2.19. The largest absolute Gasteiger partial charge is 0.352 e. The van der Waals surface area contributed by atoms with Crippen molar-refractivity contribution in [3.8, 4) is 0 Å². The molecule has 5 aromatic rings. The molecule has 0 aliphatic heterocycles. The van der Waals surface area contributed by atoms with Crippen LogP contribution in [0.5, 0.6) is 0 Å². The van der Waals surface area contributed by atoms with E-state index in [0.29, 0.717) is 17.2 Å². The lowest BCUT2D eigenvalue weighted by Crippen LogP contribution is -2.21. The molecule has 1 amide bonds. The molecule has 6 heteroatoms. The minimum absolute atomic E-state index is 0.209. The number of benzene rings is 4. The predicted octanol–water partition coefficient (Wildman–Crippen LogP) is 6.13. The highest BCUT2D eigenvalue weighted by atomic mass is 16.2.